The number of aliphatic hydroxyl groups excluding tert-OH is 2. The topological polar surface area (TPSA) is 147 Å². The molecule has 6 rings (SSSR count). The molecule has 2 aliphatic rings. The average Bonchev–Trinajstić information content (AvgIpc) is 3.18. The van der Waals surface area contributed by atoms with Crippen LogP contribution in [0.2, 0.25) is 0 Å². The lowest BCUT2D eigenvalue weighted by atomic mass is 9.85. The van der Waals surface area contributed by atoms with Gasteiger partial charge in [-0.1, -0.05) is 92.5 Å². The fraction of sp³-hybridized carbons (Fsp3) is 0.435. The van der Waals surface area contributed by atoms with Crippen LogP contribution in [0.3, 0.4) is 0 Å². The molecule has 0 saturated carbocycles. The summed E-state index contributed by atoms with van der Waals surface area (Å²) in [4.78, 5) is 27.0. The minimum absolute atomic E-state index is 0.00550. The van der Waals surface area contributed by atoms with E-state index in [4.69, 9.17) is 0 Å². The van der Waals surface area contributed by atoms with Gasteiger partial charge in [-0.15, -0.1) is 0 Å². The summed E-state index contributed by atoms with van der Waals surface area (Å²) in [7, 11) is 0. The van der Waals surface area contributed by atoms with E-state index in [1.54, 1.807) is 0 Å². The highest BCUT2D eigenvalue weighted by molar-refractivity contribution is 9.10. The third-order valence-corrected chi connectivity index (χ3v) is 12.1. The van der Waals surface area contributed by atoms with Gasteiger partial charge in [0.1, 0.15) is 0 Å². The van der Waals surface area contributed by atoms with Crippen molar-refractivity contribution >= 4 is 55.0 Å². The Morgan fingerprint density at radius 3 is 1.40 bits per heavy atom. The molecule has 0 fully saturated rings. The van der Waals surface area contributed by atoms with Crippen LogP contribution >= 0.6 is 31.9 Å². The van der Waals surface area contributed by atoms with E-state index in [9.17, 15) is 19.8 Å². The first-order valence-corrected chi connectivity index (χ1v) is 21.9. The number of hydrogen-bond donors (Lipinski definition) is 8. The lowest BCUT2D eigenvalue weighted by Crippen LogP contribution is -2.51. The van der Waals surface area contributed by atoms with Crippen LogP contribution in [0.15, 0.2) is 106 Å². The molecule has 58 heavy (non-hydrogen) atoms. The molecule has 0 bridgehead atoms. The molecule has 310 valence electrons. The SMILES string of the molecule is CC1(C)C[C@H](NC[C@H](O)[C@H](Cc2ccccc2)NC(=O)CCC(=O)N[C@@H](Cc2ccccc2)[C@@H](O)CN[C@@H]2CC(C)(C)Nc3ccc(Br)cc32)c2cc(Br)ccc2N1. The number of benzene rings is 4. The number of carbonyl (C=O) groups excluding carboxylic acids is 2. The van der Waals surface area contributed by atoms with Gasteiger partial charge in [0.25, 0.3) is 0 Å². The molecule has 0 aliphatic carbocycles. The van der Waals surface area contributed by atoms with Gasteiger partial charge in [0.15, 0.2) is 0 Å². The second-order valence-electron chi connectivity index (χ2n) is 17.2. The van der Waals surface area contributed by atoms with Gasteiger partial charge in [-0.2, -0.15) is 0 Å². The zero-order valence-electron chi connectivity index (χ0n) is 33.8. The van der Waals surface area contributed by atoms with E-state index in [0.717, 1.165) is 55.4 Å². The summed E-state index contributed by atoms with van der Waals surface area (Å²) in [5, 5.41) is 43.7. The monoisotopic (exact) mass is 916 g/mol. The molecule has 0 unspecified atom stereocenters. The molecule has 4 aromatic carbocycles. The van der Waals surface area contributed by atoms with Crippen LogP contribution in [-0.2, 0) is 22.4 Å². The standard InChI is InChI=1S/C46H58Br2N6O4/c1-45(2)25-39(33-23-31(47)15-17-35(33)53-45)49-27-41(55)37(21-29-11-7-5-8-12-29)51-43(57)19-20-44(58)52-38(22-30-13-9-6-10-14-30)42(56)28-50-40-26-46(3,4)54-36-18-16-32(48)24-34(36)40/h5-18,23-24,37-42,49-50,53-56H,19-22,25-28H2,1-4H3,(H,51,57)(H,52,58)/t37-,38-,39-,40+,41-,42-/m0/s1. The zero-order chi connectivity index (χ0) is 41.5. The second kappa shape index (κ2) is 19.5. The highest BCUT2D eigenvalue weighted by Gasteiger charge is 2.34. The normalized spacial score (nSPS) is 19.9. The van der Waals surface area contributed by atoms with Crippen molar-refractivity contribution in [2.75, 3.05) is 23.7 Å². The first-order valence-electron chi connectivity index (χ1n) is 20.3. The summed E-state index contributed by atoms with van der Waals surface area (Å²) < 4.78 is 1.97. The largest absolute Gasteiger partial charge is 0.390 e. The number of hydrogen-bond acceptors (Lipinski definition) is 8. The second-order valence-corrected chi connectivity index (χ2v) is 19.0. The molecule has 12 heteroatoms. The molecule has 8 N–H and O–H groups in total. The van der Waals surface area contributed by atoms with Crippen molar-refractivity contribution in [2.45, 2.75) is 114 Å². The van der Waals surface area contributed by atoms with Crippen molar-refractivity contribution in [3.63, 3.8) is 0 Å². The number of rotatable bonds is 17. The van der Waals surface area contributed by atoms with E-state index < -0.39 is 24.3 Å². The Labute approximate surface area is 360 Å². The smallest absolute Gasteiger partial charge is 0.220 e. The highest BCUT2D eigenvalue weighted by atomic mass is 79.9. The molecule has 4 aromatic rings. The summed E-state index contributed by atoms with van der Waals surface area (Å²) in [6.45, 7) is 9.16. The van der Waals surface area contributed by atoms with E-state index >= 15 is 0 Å². The van der Waals surface area contributed by atoms with E-state index in [1.807, 2.05) is 72.8 Å². The van der Waals surface area contributed by atoms with Gasteiger partial charge in [0.2, 0.25) is 11.8 Å². The Morgan fingerprint density at radius 1 is 0.638 bits per heavy atom. The zero-order valence-corrected chi connectivity index (χ0v) is 37.0. The fourth-order valence-electron chi connectivity index (χ4n) is 8.21. The van der Waals surface area contributed by atoms with Crippen molar-refractivity contribution in [3.05, 3.63) is 128 Å². The van der Waals surface area contributed by atoms with E-state index in [-0.39, 0.29) is 60.9 Å². The Hall–Kier alpha value is -3.78. The number of halogens is 2. The predicted molar refractivity (Wildman–Crippen MR) is 240 cm³/mol. The number of aliphatic hydroxyl groups is 2. The summed E-state index contributed by atoms with van der Waals surface area (Å²) in [6.07, 6.45) is 0.544. The van der Waals surface area contributed by atoms with Crippen molar-refractivity contribution in [3.8, 4) is 0 Å². The molecule has 0 saturated heterocycles. The maximum Gasteiger partial charge on any atom is 0.220 e. The average molecular weight is 919 g/mol. The molecular weight excluding hydrogens is 860 g/mol. The van der Waals surface area contributed by atoms with E-state index in [2.05, 4.69) is 116 Å². The minimum atomic E-state index is -0.900. The number of anilines is 2. The van der Waals surface area contributed by atoms with Gasteiger partial charge in [0.05, 0.1) is 24.3 Å². The van der Waals surface area contributed by atoms with Gasteiger partial charge in [-0.05, 0) is 112 Å². The van der Waals surface area contributed by atoms with Gasteiger partial charge >= 0.3 is 0 Å². The first-order chi connectivity index (χ1) is 27.6. The molecule has 10 nitrogen and oxygen atoms in total. The fourth-order valence-corrected chi connectivity index (χ4v) is 8.96. The number of carbonyl (C=O) groups is 2. The summed E-state index contributed by atoms with van der Waals surface area (Å²) in [5.41, 5.74) is 6.02. The molecular formula is C46H58Br2N6O4. The summed E-state index contributed by atoms with van der Waals surface area (Å²) in [6, 6.07) is 30.7. The Kier molecular flexibility index (Phi) is 14.7. The Balaban J connectivity index is 1.07. The molecule has 2 heterocycles. The van der Waals surface area contributed by atoms with Crippen molar-refractivity contribution in [1.29, 1.82) is 0 Å². The van der Waals surface area contributed by atoms with Crippen molar-refractivity contribution in [2.24, 2.45) is 0 Å². The maximum absolute atomic E-state index is 13.5. The first kappa shape index (κ1) is 43.8. The summed E-state index contributed by atoms with van der Waals surface area (Å²) >= 11 is 7.21. The third kappa shape index (κ3) is 12.4. The van der Waals surface area contributed by atoms with Gasteiger partial charge < -0.3 is 42.1 Å². The highest BCUT2D eigenvalue weighted by Crippen LogP contribution is 2.40. The maximum atomic E-state index is 13.5. The third-order valence-electron chi connectivity index (χ3n) is 11.1. The molecule has 6 atom stereocenters. The number of amides is 2. The van der Waals surface area contributed by atoms with Crippen LogP contribution < -0.4 is 31.9 Å². The quantitative estimate of drug-likeness (QED) is 0.0551. The lowest BCUT2D eigenvalue weighted by molar-refractivity contribution is -0.128. The molecule has 0 aromatic heterocycles. The van der Waals surface area contributed by atoms with Crippen LogP contribution in [0, 0.1) is 0 Å². The van der Waals surface area contributed by atoms with Crippen LogP contribution in [0.4, 0.5) is 11.4 Å². The molecule has 2 amide bonds. The lowest BCUT2D eigenvalue weighted by Gasteiger charge is -2.40. The minimum Gasteiger partial charge on any atom is -0.390 e. The van der Waals surface area contributed by atoms with Crippen LogP contribution in [0.5, 0.6) is 0 Å². The van der Waals surface area contributed by atoms with Crippen LogP contribution in [0.1, 0.15) is 87.7 Å². The van der Waals surface area contributed by atoms with Gasteiger partial charge in [0, 0.05) is 69.4 Å². The van der Waals surface area contributed by atoms with Crippen molar-refractivity contribution in [1.82, 2.24) is 21.3 Å². The van der Waals surface area contributed by atoms with E-state index in [0.29, 0.717) is 12.8 Å². The van der Waals surface area contributed by atoms with Gasteiger partial charge in [-0.25, -0.2) is 0 Å². The van der Waals surface area contributed by atoms with Crippen LogP contribution in [0.25, 0.3) is 0 Å². The number of nitrogens with one attached hydrogen (secondary N) is 6. The Bertz CT molecular complexity index is 1860. The molecule has 0 radical (unpaired) electrons. The number of fused-ring (bicyclic) bond motifs is 2. The molecule has 2 aliphatic heterocycles. The van der Waals surface area contributed by atoms with Crippen molar-refractivity contribution < 1.29 is 19.8 Å². The predicted octanol–water partition coefficient (Wildman–Crippen LogP) is 7.32. The van der Waals surface area contributed by atoms with Gasteiger partial charge in [-0.3, -0.25) is 9.59 Å². The Morgan fingerprint density at radius 2 is 1.02 bits per heavy atom. The summed E-state index contributed by atoms with van der Waals surface area (Å²) in [5.74, 6) is -0.653. The van der Waals surface area contributed by atoms with E-state index in [1.165, 1.54) is 0 Å². The van der Waals surface area contributed by atoms with Crippen LogP contribution in [-0.4, -0.2) is 70.5 Å². The molecule has 0 spiro atoms.